The van der Waals surface area contributed by atoms with Gasteiger partial charge >= 0.3 is 0 Å². The second-order valence-corrected chi connectivity index (χ2v) is 9.43. The number of hydrogen-bond acceptors (Lipinski definition) is 6. The standard InChI is InChI=1S/C13H22N2O4S2/c1-3-21(18,19)10-4-5-13(15-14)11-6-8-12(9-7-11)20(2,16)17/h6-9,13,15H,3-5,10,14H2,1-2H3. The van der Waals surface area contributed by atoms with Gasteiger partial charge in [0.2, 0.25) is 0 Å². The molecule has 0 aromatic heterocycles. The van der Waals surface area contributed by atoms with Gasteiger partial charge in [0.1, 0.15) is 9.84 Å². The molecule has 0 aliphatic heterocycles. The Kier molecular flexibility index (Phi) is 6.33. The summed E-state index contributed by atoms with van der Waals surface area (Å²) in [6.07, 6.45) is 2.21. The van der Waals surface area contributed by atoms with Crippen LogP contribution in [0.1, 0.15) is 31.4 Å². The van der Waals surface area contributed by atoms with E-state index in [0.717, 1.165) is 11.8 Å². The first-order chi connectivity index (χ1) is 9.69. The van der Waals surface area contributed by atoms with Gasteiger partial charge in [0, 0.05) is 18.1 Å². The van der Waals surface area contributed by atoms with E-state index in [-0.39, 0.29) is 22.4 Å². The number of benzene rings is 1. The first-order valence-corrected chi connectivity index (χ1v) is 10.4. The number of hydrogen-bond donors (Lipinski definition) is 2. The normalized spacial score (nSPS) is 14.0. The summed E-state index contributed by atoms with van der Waals surface area (Å²) >= 11 is 0. The van der Waals surface area contributed by atoms with Gasteiger partial charge in [-0.1, -0.05) is 19.1 Å². The third-order valence-corrected chi connectivity index (χ3v) is 6.22. The highest BCUT2D eigenvalue weighted by Gasteiger charge is 2.14. The molecule has 0 saturated heterocycles. The molecule has 3 N–H and O–H groups in total. The molecule has 0 amide bonds. The van der Waals surface area contributed by atoms with E-state index in [0.29, 0.717) is 12.8 Å². The van der Waals surface area contributed by atoms with Crippen molar-refractivity contribution in [1.29, 1.82) is 0 Å². The fourth-order valence-corrected chi connectivity index (χ4v) is 3.47. The van der Waals surface area contributed by atoms with Crippen molar-refractivity contribution in [3.63, 3.8) is 0 Å². The molecule has 1 rings (SSSR count). The summed E-state index contributed by atoms with van der Waals surface area (Å²) in [5.41, 5.74) is 3.47. The van der Waals surface area contributed by atoms with Crippen molar-refractivity contribution >= 4 is 19.7 Å². The molecule has 1 unspecified atom stereocenters. The minimum absolute atomic E-state index is 0.128. The molecule has 0 heterocycles. The Bertz CT molecular complexity index is 652. The van der Waals surface area contributed by atoms with Crippen molar-refractivity contribution < 1.29 is 16.8 Å². The highest BCUT2D eigenvalue weighted by atomic mass is 32.2. The van der Waals surface area contributed by atoms with Gasteiger partial charge in [-0.05, 0) is 30.5 Å². The van der Waals surface area contributed by atoms with Crippen LogP contribution in [0.25, 0.3) is 0 Å². The van der Waals surface area contributed by atoms with Gasteiger partial charge in [-0.3, -0.25) is 11.3 Å². The second kappa shape index (κ2) is 7.35. The Balaban J connectivity index is 2.73. The molecule has 1 aromatic carbocycles. The average molecular weight is 334 g/mol. The lowest BCUT2D eigenvalue weighted by Crippen LogP contribution is -2.28. The number of nitrogens with two attached hydrogens (primary N) is 1. The predicted molar refractivity (Wildman–Crippen MR) is 83.2 cm³/mol. The maximum atomic E-state index is 11.4. The first-order valence-electron chi connectivity index (χ1n) is 6.66. The summed E-state index contributed by atoms with van der Waals surface area (Å²) in [7, 11) is -6.20. The molecule has 0 aliphatic carbocycles. The van der Waals surface area contributed by atoms with Crippen LogP contribution in [-0.4, -0.2) is 34.6 Å². The molecular formula is C13H22N2O4S2. The van der Waals surface area contributed by atoms with Crippen LogP contribution in [0.4, 0.5) is 0 Å². The van der Waals surface area contributed by atoms with E-state index in [1.54, 1.807) is 19.1 Å². The van der Waals surface area contributed by atoms with Gasteiger partial charge in [0.05, 0.1) is 10.6 Å². The topological polar surface area (TPSA) is 106 Å². The summed E-state index contributed by atoms with van der Waals surface area (Å²) in [6.45, 7) is 1.62. The van der Waals surface area contributed by atoms with E-state index in [2.05, 4.69) is 5.43 Å². The van der Waals surface area contributed by atoms with Crippen molar-refractivity contribution in [1.82, 2.24) is 5.43 Å². The SMILES string of the molecule is CCS(=O)(=O)CCCC(NN)c1ccc(S(C)(=O)=O)cc1. The minimum atomic E-state index is -3.22. The highest BCUT2D eigenvalue weighted by molar-refractivity contribution is 7.91. The maximum absolute atomic E-state index is 11.4. The zero-order valence-electron chi connectivity index (χ0n) is 12.2. The summed E-state index contributed by atoms with van der Waals surface area (Å²) in [5.74, 6) is 5.76. The van der Waals surface area contributed by atoms with Gasteiger partial charge in [-0.15, -0.1) is 0 Å². The Morgan fingerprint density at radius 2 is 1.71 bits per heavy atom. The van der Waals surface area contributed by atoms with Gasteiger partial charge in [-0.2, -0.15) is 0 Å². The zero-order valence-corrected chi connectivity index (χ0v) is 13.9. The molecule has 0 bridgehead atoms. The van der Waals surface area contributed by atoms with Crippen molar-refractivity contribution in [2.75, 3.05) is 17.8 Å². The molecular weight excluding hydrogens is 312 g/mol. The van der Waals surface area contributed by atoms with Crippen LogP contribution < -0.4 is 11.3 Å². The number of nitrogens with one attached hydrogen (secondary N) is 1. The molecule has 0 spiro atoms. The minimum Gasteiger partial charge on any atom is -0.271 e. The quantitative estimate of drug-likeness (QED) is 0.538. The van der Waals surface area contributed by atoms with E-state index in [9.17, 15) is 16.8 Å². The lowest BCUT2D eigenvalue weighted by atomic mass is 10.0. The summed E-state index contributed by atoms with van der Waals surface area (Å²) < 4.78 is 45.7. The molecule has 0 aliphatic rings. The van der Waals surface area contributed by atoms with Crippen LogP contribution in [0.5, 0.6) is 0 Å². The fourth-order valence-electron chi connectivity index (χ4n) is 1.95. The van der Waals surface area contributed by atoms with Crippen LogP contribution in [0.2, 0.25) is 0 Å². The molecule has 8 heteroatoms. The van der Waals surface area contributed by atoms with E-state index in [4.69, 9.17) is 5.84 Å². The van der Waals surface area contributed by atoms with Crippen LogP contribution in [0.3, 0.4) is 0 Å². The van der Waals surface area contributed by atoms with Crippen LogP contribution in [-0.2, 0) is 19.7 Å². The van der Waals surface area contributed by atoms with Crippen LogP contribution >= 0.6 is 0 Å². The van der Waals surface area contributed by atoms with Gasteiger partial charge in [-0.25, -0.2) is 16.8 Å². The Hall–Kier alpha value is -0.960. The maximum Gasteiger partial charge on any atom is 0.175 e. The third-order valence-electron chi connectivity index (χ3n) is 3.30. The lowest BCUT2D eigenvalue weighted by molar-refractivity contribution is 0.507. The predicted octanol–water partition coefficient (Wildman–Crippen LogP) is 0.809. The van der Waals surface area contributed by atoms with E-state index in [1.165, 1.54) is 12.1 Å². The van der Waals surface area contributed by atoms with Gasteiger partial charge in [0.15, 0.2) is 9.84 Å². The average Bonchev–Trinajstić information content (AvgIpc) is 2.43. The van der Waals surface area contributed by atoms with E-state index in [1.807, 2.05) is 0 Å². The van der Waals surface area contributed by atoms with E-state index >= 15 is 0 Å². The molecule has 6 nitrogen and oxygen atoms in total. The molecule has 21 heavy (non-hydrogen) atoms. The van der Waals surface area contributed by atoms with Gasteiger partial charge in [0.25, 0.3) is 0 Å². The fraction of sp³-hybridized carbons (Fsp3) is 0.538. The molecule has 1 aromatic rings. The second-order valence-electron chi connectivity index (χ2n) is 4.94. The van der Waals surface area contributed by atoms with Crippen molar-refractivity contribution in [2.24, 2.45) is 5.84 Å². The summed E-state index contributed by atoms with van der Waals surface area (Å²) in [4.78, 5) is 0.246. The number of sulfone groups is 2. The van der Waals surface area contributed by atoms with Crippen molar-refractivity contribution in [3.8, 4) is 0 Å². The Morgan fingerprint density at radius 1 is 1.14 bits per heavy atom. The molecule has 1 atom stereocenters. The smallest absolute Gasteiger partial charge is 0.175 e. The first kappa shape index (κ1) is 18.1. The van der Waals surface area contributed by atoms with Crippen molar-refractivity contribution in [3.05, 3.63) is 29.8 Å². The van der Waals surface area contributed by atoms with Crippen LogP contribution in [0, 0.1) is 0 Å². The molecule has 0 radical (unpaired) electrons. The third kappa shape index (κ3) is 5.74. The monoisotopic (exact) mass is 334 g/mol. The molecule has 0 saturated carbocycles. The molecule has 0 fully saturated rings. The highest BCUT2D eigenvalue weighted by Crippen LogP contribution is 2.20. The number of hydrazine groups is 1. The summed E-state index contributed by atoms with van der Waals surface area (Å²) in [6, 6.07) is 6.23. The van der Waals surface area contributed by atoms with Crippen LogP contribution in [0.15, 0.2) is 29.2 Å². The zero-order chi connectivity index (χ0) is 16.1. The lowest BCUT2D eigenvalue weighted by Gasteiger charge is -2.16. The van der Waals surface area contributed by atoms with Gasteiger partial charge < -0.3 is 0 Å². The molecule has 120 valence electrons. The number of rotatable bonds is 8. The largest absolute Gasteiger partial charge is 0.271 e. The van der Waals surface area contributed by atoms with Crippen molar-refractivity contribution in [2.45, 2.75) is 30.7 Å². The summed E-state index contributed by atoms with van der Waals surface area (Å²) in [5, 5.41) is 0. The van der Waals surface area contributed by atoms with E-state index < -0.39 is 19.7 Å². The Labute approximate surface area is 126 Å². The Morgan fingerprint density at radius 3 is 2.14 bits per heavy atom.